The standard InChI is InChI=1S/C13H12F3NO/c1-3-5-9(2)17-12(18)10-6-4-7-11(8-10)13(14,15)16/h1,4,6-9H,5H2,2H3,(H,17,18). The van der Waals surface area contributed by atoms with Gasteiger partial charge < -0.3 is 5.32 Å². The van der Waals surface area contributed by atoms with Crippen LogP contribution in [0, 0.1) is 12.3 Å². The first kappa shape index (κ1) is 14.1. The Labute approximate surface area is 103 Å². The molecule has 0 saturated heterocycles. The molecule has 0 fully saturated rings. The number of benzene rings is 1. The Morgan fingerprint density at radius 3 is 2.72 bits per heavy atom. The van der Waals surface area contributed by atoms with Gasteiger partial charge in [-0.3, -0.25) is 4.79 Å². The van der Waals surface area contributed by atoms with Crippen molar-refractivity contribution in [2.45, 2.75) is 25.6 Å². The Balaban J connectivity index is 2.85. The SMILES string of the molecule is C#CCC(C)NC(=O)c1cccc(C(F)(F)F)c1. The lowest BCUT2D eigenvalue weighted by Gasteiger charge is -2.12. The number of hydrogen-bond acceptors (Lipinski definition) is 1. The summed E-state index contributed by atoms with van der Waals surface area (Å²) in [5, 5.41) is 2.53. The Morgan fingerprint density at radius 1 is 1.50 bits per heavy atom. The molecule has 2 nitrogen and oxygen atoms in total. The van der Waals surface area contributed by atoms with Gasteiger partial charge in [0.2, 0.25) is 0 Å². The fraction of sp³-hybridized carbons (Fsp3) is 0.308. The van der Waals surface area contributed by atoms with Crippen molar-refractivity contribution in [3.8, 4) is 12.3 Å². The van der Waals surface area contributed by atoms with E-state index in [9.17, 15) is 18.0 Å². The molecular weight excluding hydrogens is 243 g/mol. The molecule has 0 spiro atoms. The average molecular weight is 255 g/mol. The van der Waals surface area contributed by atoms with Crippen LogP contribution >= 0.6 is 0 Å². The molecule has 0 aliphatic rings. The smallest absolute Gasteiger partial charge is 0.349 e. The normalized spacial score (nSPS) is 12.6. The Hall–Kier alpha value is -1.96. The molecule has 0 aromatic heterocycles. The van der Waals surface area contributed by atoms with Crippen LogP contribution in [0.2, 0.25) is 0 Å². The van der Waals surface area contributed by atoms with Crippen LogP contribution in [0.25, 0.3) is 0 Å². The molecule has 0 aliphatic heterocycles. The molecule has 1 rings (SSSR count). The van der Waals surface area contributed by atoms with E-state index in [0.29, 0.717) is 6.42 Å². The van der Waals surface area contributed by atoms with Crippen LogP contribution in [-0.4, -0.2) is 11.9 Å². The maximum Gasteiger partial charge on any atom is 0.416 e. The van der Waals surface area contributed by atoms with E-state index < -0.39 is 17.6 Å². The predicted molar refractivity (Wildman–Crippen MR) is 61.8 cm³/mol. The van der Waals surface area contributed by atoms with E-state index in [1.807, 2.05) is 0 Å². The van der Waals surface area contributed by atoms with E-state index in [1.54, 1.807) is 6.92 Å². The van der Waals surface area contributed by atoms with Crippen molar-refractivity contribution < 1.29 is 18.0 Å². The van der Waals surface area contributed by atoms with Gasteiger partial charge in [-0.15, -0.1) is 12.3 Å². The first-order valence-electron chi connectivity index (χ1n) is 5.26. The molecule has 1 unspecified atom stereocenters. The number of carbonyl (C=O) groups is 1. The molecular formula is C13H12F3NO. The van der Waals surface area contributed by atoms with Crippen molar-refractivity contribution in [3.63, 3.8) is 0 Å². The summed E-state index contributed by atoms with van der Waals surface area (Å²) in [7, 11) is 0. The second-order valence-corrected chi connectivity index (χ2v) is 3.86. The van der Waals surface area contributed by atoms with Gasteiger partial charge >= 0.3 is 6.18 Å². The minimum absolute atomic E-state index is 0.0336. The van der Waals surface area contributed by atoms with Crippen LogP contribution < -0.4 is 5.32 Å². The molecule has 1 N–H and O–H groups in total. The molecule has 18 heavy (non-hydrogen) atoms. The van der Waals surface area contributed by atoms with E-state index in [2.05, 4.69) is 11.2 Å². The number of terminal acetylenes is 1. The van der Waals surface area contributed by atoms with E-state index in [4.69, 9.17) is 6.42 Å². The van der Waals surface area contributed by atoms with Gasteiger partial charge in [0, 0.05) is 18.0 Å². The number of halogens is 3. The van der Waals surface area contributed by atoms with Crippen LogP contribution in [0.3, 0.4) is 0 Å². The fourth-order valence-corrected chi connectivity index (χ4v) is 1.37. The van der Waals surface area contributed by atoms with Crippen LogP contribution in [0.15, 0.2) is 24.3 Å². The second kappa shape index (κ2) is 5.58. The van der Waals surface area contributed by atoms with Crippen molar-refractivity contribution in [1.29, 1.82) is 0 Å². The highest BCUT2D eigenvalue weighted by Crippen LogP contribution is 2.29. The summed E-state index contributed by atoms with van der Waals surface area (Å²) in [6.45, 7) is 1.69. The van der Waals surface area contributed by atoms with E-state index >= 15 is 0 Å². The largest absolute Gasteiger partial charge is 0.416 e. The number of amides is 1. The van der Waals surface area contributed by atoms with Crippen molar-refractivity contribution in [2.24, 2.45) is 0 Å². The predicted octanol–water partition coefficient (Wildman–Crippen LogP) is 2.85. The van der Waals surface area contributed by atoms with Gasteiger partial charge in [0.15, 0.2) is 0 Å². The lowest BCUT2D eigenvalue weighted by molar-refractivity contribution is -0.137. The molecule has 5 heteroatoms. The summed E-state index contributed by atoms with van der Waals surface area (Å²) >= 11 is 0. The zero-order valence-corrected chi connectivity index (χ0v) is 9.71. The summed E-state index contributed by atoms with van der Waals surface area (Å²) in [4.78, 5) is 11.7. The Bertz CT molecular complexity index is 474. The van der Waals surface area contributed by atoms with Gasteiger partial charge in [-0.2, -0.15) is 13.2 Å². The molecule has 1 aromatic carbocycles. The highest BCUT2D eigenvalue weighted by atomic mass is 19.4. The topological polar surface area (TPSA) is 29.1 Å². The van der Waals surface area contributed by atoms with Crippen LogP contribution in [0.5, 0.6) is 0 Å². The lowest BCUT2D eigenvalue weighted by Crippen LogP contribution is -2.32. The minimum Gasteiger partial charge on any atom is -0.349 e. The number of alkyl halides is 3. The third-order valence-electron chi connectivity index (χ3n) is 2.25. The first-order chi connectivity index (χ1) is 8.34. The molecule has 0 heterocycles. The molecule has 96 valence electrons. The zero-order valence-electron chi connectivity index (χ0n) is 9.71. The molecule has 0 saturated carbocycles. The fourth-order valence-electron chi connectivity index (χ4n) is 1.37. The average Bonchev–Trinajstić information content (AvgIpc) is 2.28. The molecule has 1 aromatic rings. The lowest BCUT2D eigenvalue weighted by atomic mass is 10.1. The number of hydrogen-bond donors (Lipinski definition) is 1. The third kappa shape index (κ3) is 3.81. The van der Waals surface area contributed by atoms with E-state index in [1.165, 1.54) is 12.1 Å². The van der Waals surface area contributed by atoms with E-state index in [0.717, 1.165) is 12.1 Å². The minimum atomic E-state index is -4.46. The molecule has 0 bridgehead atoms. The highest BCUT2D eigenvalue weighted by Gasteiger charge is 2.30. The maximum atomic E-state index is 12.5. The summed E-state index contributed by atoms with van der Waals surface area (Å²) in [5.41, 5.74) is -0.881. The maximum absolute atomic E-state index is 12.5. The summed E-state index contributed by atoms with van der Waals surface area (Å²) in [6, 6.07) is 3.98. The van der Waals surface area contributed by atoms with Gasteiger partial charge in [-0.1, -0.05) is 6.07 Å². The quantitative estimate of drug-likeness (QED) is 0.827. The summed E-state index contributed by atoms with van der Waals surface area (Å²) in [6.07, 6.45) is 0.941. The van der Waals surface area contributed by atoms with Gasteiger partial charge in [0.05, 0.1) is 5.56 Å². The Kier molecular flexibility index (Phi) is 4.38. The molecule has 1 atom stereocenters. The van der Waals surface area contributed by atoms with Crippen molar-refractivity contribution >= 4 is 5.91 Å². The number of nitrogens with one attached hydrogen (secondary N) is 1. The van der Waals surface area contributed by atoms with Crippen LogP contribution in [-0.2, 0) is 6.18 Å². The highest BCUT2D eigenvalue weighted by molar-refractivity contribution is 5.94. The zero-order chi connectivity index (χ0) is 13.8. The number of rotatable bonds is 3. The number of carbonyl (C=O) groups excluding carboxylic acids is 1. The molecule has 0 aliphatic carbocycles. The third-order valence-corrected chi connectivity index (χ3v) is 2.25. The Morgan fingerprint density at radius 2 is 2.17 bits per heavy atom. The molecule has 0 radical (unpaired) electrons. The van der Waals surface area contributed by atoms with E-state index in [-0.39, 0.29) is 11.6 Å². The van der Waals surface area contributed by atoms with Crippen molar-refractivity contribution in [3.05, 3.63) is 35.4 Å². The molecule has 1 amide bonds. The van der Waals surface area contributed by atoms with Crippen LogP contribution in [0.4, 0.5) is 13.2 Å². The summed E-state index contributed by atoms with van der Waals surface area (Å²) < 4.78 is 37.4. The van der Waals surface area contributed by atoms with Gasteiger partial charge in [-0.05, 0) is 25.1 Å². The van der Waals surface area contributed by atoms with Gasteiger partial charge in [0.25, 0.3) is 5.91 Å². The van der Waals surface area contributed by atoms with Crippen molar-refractivity contribution in [2.75, 3.05) is 0 Å². The first-order valence-corrected chi connectivity index (χ1v) is 5.26. The van der Waals surface area contributed by atoms with Gasteiger partial charge in [0.1, 0.15) is 0 Å². The monoisotopic (exact) mass is 255 g/mol. The van der Waals surface area contributed by atoms with Gasteiger partial charge in [-0.25, -0.2) is 0 Å². The van der Waals surface area contributed by atoms with Crippen LogP contribution in [0.1, 0.15) is 29.3 Å². The second-order valence-electron chi connectivity index (χ2n) is 3.86. The van der Waals surface area contributed by atoms with Crippen molar-refractivity contribution in [1.82, 2.24) is 5.32 Å². The summed E-state index contributed by atoms with van der Waals surface area (Å²) in [5.74, 6) is 1.80.